The predicted molar refractivity (Wildman–Crippen MR) is 71.2 cm³/mol. The Labute approximate surface area is 98.9 Å². The average Bonchev–Trinajstić information content (AvgIpc) is 2.26. The number of nitrogens with zero attached hydrogens (tertiary/aromatic N) is 2. The van der Waals surface area contributed by atoms with E-state index in [2.05, 4.69) is 49.0 Å². The summed E-state index contributed by atoms with van der Waals surface area (Å²) in [6, 6.07) is 2.69. The highest BCUT2D eigenvalue weighted by molar-refractivity contribution is 5.55. The highest BCUT2D eigenvalue weighted by Crippen LogP contribution is 2.20. The van der Waals surface area contributed by atoms with Crippen molar-refractivity contribution in [3.63, 3.8) is 0 Å². The zero-order chi connectivity index (χ0) is 12.0. The summed E-state index contributed by atoms with van der Waals surface area (Å²) in [5, 5.41) is 3.29. The molecule has 1 rings (SSSR count). The second-order valence-electron chi connectivity index (χ2n) is 4.25. The molecular weight excluding hydrogens is 198 g/mol. The van der Waals surface area contributed by atoms with E-state index in [1.165, 1.54) is 5.69 Å². The van der Waals surface area contributed by atoms with Gasteiger partial charge < -0.3 is 10.2 Å². The lowest BCUT2D eigenvalue weighted by molar-refractivity contribution is 0.670. The first-order chi connectivity index (χ1) is 7.69. The molecule has 0 saturated heterocycles. The number of pyridine rings is 1. The largest absolute Gasteiger partial charge is 0.384 e. The summed E-state index contributed by atoms with van der Waals surface area (Å²) in [6.45, 7) is 10.7. The zero-order valence-corrected chi connectivity index (χ0v) is 10.8. The fraction of sp³-hybridized carbons (Fsp3) is 0.615. The van der Waals surface area contributed by atoms with Gasteiger partial charge in [0.15, 0.2) is 0 Å². The van der Waals surface area contributed by atoms with Crippen LogP contribution in [0.2, 0.25) is 0 Å². The van der Waals surface area contributed by atoms with Gasteiger partial charge in [0.05, 0.1) is 23.8 Å². The van der Waals surface area contributed by atoms with Crippen molar-refractivity contribution in [2.45, 2.75) is 40.2 Å². The van der Waals surface area contributed by atoms with Crippen molar-refractivity contribution in [2.24, 2.45) is 0 Å². The molecule has 1 heterocycles. The summed E-state index contributed by atoms with van der Waals surface area (Å²) in [7, 11) is 0. The summed E-state index contributed by atoms with van der Waals surface area (Å²) in [6.07, 6.45) is 4.97. The Hall–Kier alpha value is -1.25. The van der Waals surface area contributed by atoms with Crippen LogP contribution in [0.15, 0.2) is 18.5 Å². The number of hydrogen-bond acceptors (Lipinski definition) is 3. The second kappa shape index (κ2) is 6.36. The highest BCUT2D eigenvalue weighted by atomic mass is 15.2. The molecule has 0 fully saturated rings. The third kappa shape index (κ3) is 3.40. The van der Waals surface area contributed by atoms with E-state index in [9.17, 15) is 0 Å². The lowest BCUT2D eigenvalue weighted by atomic mass is 10.2. The lowest BCUT2D eigenvalue weighted by Crippen LogP contribution is -2.31. The molecule has 1 aromatic heterocycles. The SMILES string of the molecule is CCCN(c1cncc(NCC)c1)C(C)C. The van der Waals surface area contributed by atoms with Crippen molar-refractivity contribution >= 4 is 11.4 Å². The van der Waals surface area contributed by atoms with E-state index >= 15 is 0 Å². The molecule has 0 radical (unpaired) electrons. The van der Waals surface area contributed by atoms with Crippen LogP contribution >= 0.6 is 0 Å². The summed E-state index contributed by atoms with van der Waals surface area (Å²) < 4.78 is 0. The van der Waals surface area contributed by atoms with Gasteiger partial charge in [0.25, 0.3) is 0 Å². The average molecular weight is 221 g/mol. The van der Waals surface area contributed by atoms with Crippen molar-refractivity contribution in [1.82, 2.24) is 4.98 Å². The summed E-state index contributed by atoms with van der Waals surface area (Å²) in [5.74, 6) is 0. The Kier molecular flexibility index (Phi) is 5.09. The summed E-state index contributed by atoms with van der Waals surface area (Å²) in [4.78, 5) is 6.67. The lowest BCUT2D eigenvalue weighted by Gasteiger charge is -2.28. The fourth-order valence-electron chi connectivity index (χ4n) is 1.81. The molecule has 3 nitrogen and oxygen atoms in total. The first kappa shape index (κ1) is 12.8. The normalized spacial score (nSPS) is 10.6. The minimum atomic E-state index is 0.513. The van der Waals surface area contributed by atoms with Crippen molar-refractivity contribution in [3.05, 3.63) is 18.5 Å². The number of anilines is 2. The van der Waals surface area contributed by atoms with Gasteiger partial charge in [-0.2, -0.15) is 0 Å². The molecule has 3 heteroatoms. The van der Waals surface area contributed by atoms with Gasteiger partial charge in [-0.05, 0) is 33.3 Å². The quantitative estimate of drug-likeness (QED) is 0.800. The van der Waals surface area contributed by atoms with Gasteiger partial charge in [-0.15, -0.1) is 0 Å². The first-order valence-electron chi connectivity index (χ1n) is 6.14. The van der Waals surface area contributed by atoms with Crippen LogP contribution in [-0.4, -0.2) is 24.1 Å². The van der Waals surface area contributed by atoms with Crippen molar-refractivity contribution in [3.8, 4) is 0 Å². The van der Waals surface area contributed by atoms with Crippen LogP contribution in [0.5, 0.6) is 0 Å². The number of nitrogens with one attached hydrogen (secondary N) is 1. The maximum Gasteiger partial charge on any atom is 0.0575 e. The molecule has 0 atom stereocenters. The maximum atomic E-state index is 4.28. The molecule has 90 valence electrons. The third-order valence-electron chi connectivity index (χ3n) is 2.52. The van der Waals surface area contributed by atoms with Gasteiger partial charge in [0.2, 0.25) is 0 Å². The van der Waals surface area contributed by atoms with Gasteiger partial charge in [0, 0.05) is 19.1 Å². The third-order valence-corrected chi connectivity index (χ3v) is 2.52. The second-order valence-corrected chi connectivity index (χ2v) is 4.25. The van der Waals surface area contributed by atoms with E-state index < -0.39 is 0 Å². The van der Waals surface area contributed by atoms with E-state index in [0.717, 1.165) is 25.2 Å². The summed E-state index contributed by atoms with van der Waals surface area (Å²) >= 11 is 0. The van der Waals surface area contributed by atoms with Crippen LogP contribution < -0.4 is 10.2 Å². The molecule has 0 aromatic carbocycles. The Morgan fingerprint density at radius 2 is 2.06 bits per heavy atom. The molecule has 1 aromatic rings. The molecule has 0 aliphatic carbocycles. The topological polar surface area (TPSA) is 28.2 Å². The van der Waals surface area contributed by atoms with Gasteiger partial charge in [-0.3, -0.25) is 4.98 Å². The van der Waals surface area contributed by atoms with Crippen molar-refractivity contribution in [2.75, 3.05) is 23.3 Å². The minimum Gasteiger partial charge on any atom is -0.384 e. The Morgan fingerprint density at radius 1 is 1.31 bits per heavy atom. The minimum absolute atomic E-state index is 0.513. The molecule has 0 aliphatic rings. The standard InChI is InChI=1S/C13H23N3/c1-5-7-16(11(3)4)13-8-12(15-6-2)9-14-10-13/h8-11,15H,5-7H2,1-4H3. The first-order valence-corrected chi connectivity index (χ1v) is 6.14. The van der Waals surface area contributed by atoms with Gasteiger partial charge in [0.1, 0.15) is 0 Å². The van der Waals surface area contributed by atoms with Crippen molar-refractivity contribution in [1.29, 1.82) is 0 Å². The number of aromatic nitrogens is 1. The molecule has 0 bridgehead atoms. The molecule has 0 saturated carbocycles. The Morgan fingerprint density at radius 3 is 2.62 bits per heavy atom. The predicted octanol–water partition coefficient (Wildman–Crippen LogP) is 3.14. The molecular formula is C13H23N3. The van der Waals surface area contributed by atoms with Gasteiger partial charge >= 0.3 is 0 Å². The Balaban J connectivity index is 2.86. The number of rotatable bonds is 6. The monoisotopic (exact) mass is 221 g/mol. The van der Waals surface area contributed by atoms with Crippen LogP contribution in [-0.2, 0) is 0 Å². The smallest absolute Gasteiger partial charge is 0.0575 e. The molecule has 0 aliphatic heterocycles. The molecule has 0 unspecified atom stereocenters. The van der Waals surface area contributed by atoms with Crippen LogP contribution in [0.25, 0.3) is 0 Å². The highest BCUT2D eigenvalue weighted by Gasteiger charge is 2.09. The van der Waals surface area contributed by atoms with Crippen LogP contribution in [0, 0.1) is 0 Å². The maximum absolute atomic E-state index is 4.28. The zero-order valence-electron chi connectivity index (χ0n) is 10.8. The molecule has 0 amide bonds. The van der Waals surface area contributed by atoms with Crippen molar-refractivity contribution < 1.29 is 0 Å². The molecule has 0 spiro atoms. The van der Waals surface area contributed by atoms with Gasteiger partial charge in [-0.1, -0.05) is 6.92 Å². The van der Waals surface area contributed by atoms with Crippen LogP contribution in [0.1, 0.15) is 34.1 Å². The molecule has 1 N–H and O–H groups in total. The summed E-state index contributed by atoms with van der Waals surface area (Å²) in [5.41, 5.74) is 2.30. The van der Waals surface area contributed by atoms with E-state index in [0.29, 0.717) is 6.04 Å². The van der Waals surface area contributed by atoms with E-state index in [1.807, 2.05) is 12.4 Å². The Bertz CT molecular complexity index is 310. The van der Waals surface area contributed by atoms with E-state index in [4.69, 9.17) is 0 Å². The molecule has 16 heavy (non-hydrogen) atoms. The fourth-order valence-corrected chi connectivity index (χ4v) is 1.81. The van der Waals surface area contributed by atoms with Crippen LogP contribution in [0.4, 0.5) is 11.4 Å². The van der Waals surface area contributed by atoms with Crippen LogP contribution in [0.3, 0.4) is 0 Å². The van der Waals surface area contributed by atoms with E-state index in [1.54, 1.807) is 0 Å². The van der Waals surface area contributed by atoms with E-state index in [-0.39, 0.29) is 0 Å². The number of hydrogen-bond donors (Lipinski definition) is 1. The van der Waals surface area contributed by atoms with Gasteiger partial charge in [-0.25, -0.2) is 0 Å².